The Hall–Kier alpha value is -1.03. The van der Waals surface area contributed by atoms with Gasteiger partial charge < -0.3 is 30.9 Å². The van der Waals surface area contributed by atoms with E-state index in [1.54, 1.807) is 0 Å². The molecule has 0 amide bonds. The number of nitrogens with two attached hydrogens (primary N) is 1. The Morgan fingerprint density at radius 3 is 2.75 bits per heavy atom. The molecule has 0 aromatic carbocycles. The molecule has 0 spiro atoms. The van der Waals surface area contributed by atoms with Gasteiger partial charge in [0.15, 0.2) is 0 Å². The van der Waals surface area contributed by atoms with Crippen LogP contribution in [0.2, 0.25) is 0 Å². The summed E-state index contributed by atoms with van der Waals surface area (Å²) in [5, 5.41) is 39.3. The Morgan fingerprint density at radius 2 is 2.25 bits per heavy atom. The Morgan fingerprint density at radius 1 is 1.60 bits per heavy atom. The van der Waals surface area contributed by atoms with Gasteiger partial charge in [0.1, 0.15) is 12.3 Å². The van der Waals surface area contributed by atoms with E-state index >= 15 is 0 Å². The fraction of sp³-hybridized carbons (Fsp3) is 0.750. The molecule has 0 fully saturated rings. The average molecular weight is 290 g/mol. The molecule has 8 heteroatoms. The van der Waals surface area contributed by atoms with E-state index in [-0.39, 0.29) is 18.6 Å². The molecule has 1 aliphatic carbocycles. The second-order valence-electron chi connectivity index (χ2n) is 4.87. The second-order valence-corrected chi connectivity index (χ2v) is 4.87. The van der Waals surface area contributed by atoms with Gasteiger partial charge in [0.05, 0.1) is 25.4 Å². The Labute approximate surface area is 116 Å². The maximum atomic E-state index is 11.0. The van der Waals surface area contributed by atoms with Gasteiger partial charge in [-0.15, -0.1) is 0 Å². The van der Waals surface area contributed by atoms with Crippen LogP contribution in [0.15, 0.2) is 11.6 Å². The van der Waals surface area contributed by atoms with Gasteiger partial charge in [0.2, 0.25) is 0 Å². The zero-order valence-corrected chi connectivity index (χ0v) is 11.3. The summed E-state index contributed by atoms with van der Waals surface area (Å²) in [7, 11) is 0. The van der Waals surface area contributed by atoms with Crippen LogP contribution in [0.4, 0.5) is 0 Å². The highest BCUT2D eigenvalue weighted by molar-refractivity contribution is 5.87. The van der Waals surface area contributed by atoms with E-state index in [1.807, 2.05) is 0 Å². The van der Waals surface area contributed by atoms with Crippen molar-refractivity contribution in [3.63, 3.8) is 0 Å². The second kappa shape index (κ2) is 7.67. The van der Waals surface area contributed by atoms with Gasteiger partial charge in [-0.3, -0.25) is 5.32 Å². The lowest BCUT2D eigenvalue weighted by molar-refractivity contribution is -0.133. The van der Waals surface area contributed by atoms with Gasteiger partial charge >= 0.3 is 5.97 Å². The lowest BCUT2D eigenvalue weighted by atomic mass is 9.88. The van der Waals surface area contributed by atoms with Crippen LogP contribution in [-0.4, -0.2) is 70.1 Å². The molecule has 1 rings (SSSR count). The first-order chi connectivity index (χ1) is 9.35. The molecule has 0 saturated carbocycles. The summed E-state index contributed by atoms with van der Waals surface area (Å²) in [6.45, 7) is 0.904. The van der Waals surface area contributed by atoms with E-state index in [0.29, 0.717) is 0 Å². The Bertz CT molecular complexity index is 360. The predicted octanol–water partition coefficient (Wildman–Crippen LogP) is -2.24. The number of carboxylic acids is 1. The standard InChI is InChI=1S/C12H22N2O6/c1-6(16)14-11-9(13)2-7(12(18)19)3-10(11)20-5-8(17)4-15/h3,6,8-11,14-17H,2,4-5,13H2,1H3,(H,18,19). The van der Waals surface area contributed by atoms with Crippen LogP contribution in [0.5, 0.6) is 0 Å². The highest BCUT2D eigenvalue weighted by atomic mass is 16.5. The maximum Gasteiger partial charge on any atom is 0.331 e. The van der Waals surface area contributed by atoms with Gasteiger partial charge in [0.25, 0.3) is 0 Å². The van der Waals surface area contributed by atoms with Gasteiger partial charge in [-0.25, -0.2) is 4.79 Å². The first kappa shape index (κ1) is 17.0. The zero-order chi connectivity index (χ0) is 15.3. The molecule has 20 heavy (non-hydrogen) atoms. The molecule has 116 valence electrons. The summed E-state index contributed by atoms with van der Waals surface area (Å²) in [4.78, 5) is 11.0. The van der Waals surface area contributed by atoms with Gasteiger partial charge in [-0.05, 0) is 19.4 Å². The summed E-state index contributed by atoms with van der Waals surface area (Å²) < 4.78 is 5.40. The van der Waals surface area contributed by atoms with Crippen molar-refractivity contribution in [2.24, 2.45) is 5.73 Å². The molecule has 0 aliphatic heterocycles. The summed E-state index contributed by atoms with van der Waals surface area (Å²) in [5.74, 6) is -1.08. The van der Waals surface area contributed by atoms with Crippen molar-refractivity contribution in [2.45, 2.75) is 43.9 Å². The summed E-state index contributed by atoms with van der Waals surface area (Å²) in [6.07, 6.45) is -1.03. The van der Waals surface area contributed by atoms with E-state index in [4.69, 9.17) is 20.7 Å². The van der Waals surface area contributed by atoms with Crippen LogP contribution in [0.25, 0.3) is 0 Å². The molecule has 0 bridgehead atoms. The summed E-state index contributed by atoms with van der Waals surface area (Å²) >= 11 is 0. The third-order valence-corrected chi connectivity index (χ3v) is 3.04. The molecule has 5 atom stereocenters. The Balaban J connectivity index is 2.82. The number of ether oxygens (including phenoxy) is 1. The van der Waals surface area contributed by atoms with E-state index < -0.39 is 43.1 Å². The predicted molar refractivity (Wildman–Crippen MR) is 69.7 cm³/mol. The molecule has 8 nitrogen and oxygen atoms in total. The normalized spacial score (nSPS) is 29.6. The van der Waals surface area contributed by atoms with E-state index in [1.165, 1.54) is 13.0 Å². The molecule has 0 saturated heterocycles. The number of hydrogen-bond donors (Lipinski definition) is 6. The molecule has 0 aromatic heterocycles. The number of hydrogen-bond acceptors (Lipinski definition) is 7. The number of nitrogens with one attached hydrogen (secondary N) is 1. The van der Waals surface area contributed by atoms with Crippen LogP contribution in [0, 0.1) is 0 Å². The highest BCUT2D eigenvalue weighted by Crippen LogP contribution is 2.21. The molecule has 0 radical (unpaired) electrons. The summed E-state index contributed by atoms with van der Waals surface area (Å²) in [5.41, 5.74) is 6.04. The Kier molecular flexibility index (Phi) is 6.53. The number of aliphatic carboxylic acids is 1. The van der Waals surface area contributed by atoms with E-state index in [2.05, 4.69) is 5.32 Å². The number of carbonyl (C=O) groups is 1. The number of carboxylic acid groups (broad SMARTS) is 1. The molecule has 7 N–H and O–H groups in total. The summed E-state index contributed by atoms with van der Waals surface area (Å²) in [6, 6.07) is -1.03. The minimum Gasteiger partial charge on any atom is -0.478 e. The minimum atomic E-state index is -1.08. The molecule has 0 heterocycles. The first-order valence-corrected chi connectivity index (χ1v) is 6.39. The molecule has 1 aliphatic rings. The average Bonchev–Trinajstić information content (AvgIpc) is 2.38. The third-order valence-electron chi connectivity index (χ3n) is 3.04. The fourth-order valence-corrected chi connectivity index (χ4v) is 2.08. The van der Waals surface area contributed by atoms with Crippen molar-refractivity contribution in [1.29, 1.82) is 0 Å². The van der Waals surface area contributed by atoms with Crippen molar-refractivity contribution in [3.8, 4) is 0 Å². The largest absolute Gasteiger partial charge is 0.478 e. The van der Waals surface area contributed by atoms with Crippen molar-refractivity contribution < 1.29 is 30.0 Å². The van der Waals surface area contributed by atoms with Crippen molar-refractivity contribution in [3.05, 3.63) is 11.6 Å². The third kappa shape index (κ3) is 4.82. The number of rotatable bonds is 7. The lowest BCUT2D eigenvalue weighted by Crippen LogP contribution is -2.57. The SMILES string of the molecule is CC(O)NC1C(N)CC(C(=O)O)=CC1OCC(O)CO. The monoisotopic (exact) mass is 290 g/mol. The van der Waals surface area contributed by atoms with E-state index in [9.17, 15) is 15.0 Å². The smallest absolute Gasteiger partial charge is 0.331 e. The van der Waals surface area contributed by atoms with Gasteiger partial charge in [0, 0.05) is 11.6 Å². The number of aliphatic hydroxyl groups is 3. The van der Waals surface area contributed by atoms with E-state index in [0.717, 1.165) is 0 Å². The maximum absolute atomic E-state index is 11.0. The molecular formula is C12H22N2O6. The van der Waals surface area contributed by atoms with Crippen LogP contribution >= 0.6 is 0 Å². The number of aliphatic hydroxyl groups excluding tert-OH is 3. The molecule has 5 unspecified atom stereocenters. The molecule has 0 aromatic rings. The minimum absolute atomic E-state index is 0.129. The zero-order valence-electron chi connectivity index (χ0n) is 11.3. The lowest BCUT2D eigenvalue weighted by Gasteiger charge is -2.36. The van der Waals surface area contributed by atoms with Crippen molar-refractivity contribution in [2.75, 3.05) is 13.2 Å². The van der Waals surface area contributed by atoms with Gasteiger partial charge in [-0.1, -0.05) is 0 Å². The highest BCUT2D eigenvalue weighted by Gasteiger charge is 2.34. The molecular weight excluding hydrogens is 268 g/mol. The quantitative estimate of drug-likeness (QED) is 0.289. The van der Waals surface area contributed by atoms with Crippen LogP contribution < -0.4 is 11.1 Å². The topological polar surface area (TPSA) is 145 Å². The van der Waals surface area contributed by atoms with Crippen molar-refractivity contribution >= 4 is 5.97 Å². The first-order valence-electron chi connectivity index (χ1n) is 6.39. The van der Waals surface area contributed by atoms with Crippen LogP contribution in [-0.2, 0) is 9.53 Å². The van der Waals surface area contributed by atoms with Crippen LogP contribution in [0.3, 0.4) is 0 Å². The van der Waals surface area contributed by atoms with Crippen molar-refractivity contribution in [1.82, 2.24) is 5.32 Å². The van der Waals surface area contributed by atoms with Gasteiger partial charge in [-0.2, -0.15) is 0 Å². The van der Waals surface area contributed by atoms with Crippen LogP contribution in [0.1, 0.15) is 13.3 Å². The fourth-order valence-electron chi connectivity index (χ4n) is 2.08.